The molecule has 3 aliphatic rings. The molecule has 0 amide bonds. The van der Waals surface area contributed by atoms with E-state index in [1.54, 1.807) is 0 Å². The van der Waals surface area contributed by atoms with Gasteiger partial charge in [-0.25, -0.2) is 0 Å². The van der Waals surface area contributed by atoms with Crippen molar-refractivity contribution in [3.05, 3.63) is 52.0 Å². The summed E-state index contributed by atoms with van der Waals surface area (Å²) in [6.45, 7) is 0. The van der Waals surface area contributed by atoms with Crippen molar-refractivity contribution < 1.29 is 9.59 Å². The summed E-state index contributed by atoms with van der Waals surface area (Å²) in [5, 5.41) is -0.628. The first kappa shape index (κ1) is 15.3. The topological polar surface area (TPSA) is 34.1 Å². The average molecular weight is 413 g/mol. The molecule has 2 aromatic carbocycles. The smallest absolute Gasteiger partial charge is 0.156 e. The van der Waals surface area contributed by atoms with E-state index in [0.717, 1.165) is 25.4 Å². The third-order valence-corrected chi connectivity index (χ3v) is 8.22. The van der Waals surface area contributed by atoms with Crippen LogP contribution in [-0.4, -0.2) is 29.9 Å². The number of halogens is 1. The summed E-state index contributed by atoms with van der Waals surface area (Å²) in [7, 11) is 5.91. The molecule has 116 valence electrons. The molecule has 4 unspecified atom stereocenters. The number of rotatable bonds is 0. The molecule has 2 aromatic rings. The molecule has 1 saturated carbocycles. The van der Waals surface area contributed by atoms with Crippen LogP contribution >= 0.6 is 39.5 Å². The summed E-state index contributed by atoms with van der Waals surface area (Å²) in [6, 6.07) is 11.6. The van der Waals surface area contributed by atoms with E-state index in [1.807, 2.05) is 36.4 Å². The van der Waals surface area contributed by atoms with Crippen LogP contribution in [0.3, 0.4) is 0 Å². The van der Waals surface area contributed by atoms with Crippen LogP contribution in [-0.2, 0) is 9.59 Å². The van der Waals surface area contributed by atoms with Gasteiger partial charge in [0.25, 0.3) is 0 Å². The number of benzene rings is 2. The predicted molar refractivity (Wildman–Crippen MR) is 101 cm³/mol. The Labute approximate surface area is 157 Å². The maximum Gasteiger partial charge on any atom is 0.156 e. The molecule has 24 heavy (non-hydrogen) atoms. The summed E-state index contributed by atoms with van der Waals surface area (Å²) in [5.74, 6) is -0.338. The first-order valence-corrected chi connectivity index (χ1v) is 10.2. The Bertz CT molecular complexity index is 854. The number of hydrogen-bond acceptors (Lipinski definition) is 4. The fraction of sp³-hybridized carbons (Fsp3) is 0.222. The van der Waals surface area contributed by atoms with Gasteiger partial charge >= 0.3 is 0 Å². The molecular formula is C18H10BBrO2S2. The van der Waals surface area contributed by atoms with Gasteiger partial charge in [-0.15, -0.1) is 23.5 Å². The maximum absolute atomic E-state index is 13.2. The zero-order chi connectivity index (χ0) is 16.6. The van der Waals surface area contributed by atoms with Gasteiger partial charge in [0.05, 0.1) is 22.3 Å². The Balaban J connectivity index is 1.63. The SMILES string of the molecule is [B]c1ccc2c(c1)C1C(=O)C3Sc4ccc(Br)cc4C3C(=O)C1S2. The number of carbonyl (C=O) groups excluding carboxylic acids is 2. The number of Topliss-reactive ketones (excluding diaryl/α,β-unsaturated/α-hetero) is 2. The molecule has 0 bridgehead atoms. The van der Waals surface area contributed by atoms with Crippen LogP contribution in [0.5, 0.6) is 0 Å². The Kier molecular flexibility index (Phi) is 3.35. The fourth-order valence-electron chi connectivity index (χ4n) is 3.93. The van der Waals surface area contributed by atoms with Gasteiger partial charge in [0, 0.05) is 14.3 Å². The number of ketones is 2. The second-order valence-corrected chi connectivity index (χ2v) is 9.60. The monoisotopic (exact) mass is 412 g/mol. The summed E-state index contributed by atoms with van der Waals surface area (Å²) < 4.78 is 0.944. The van der Waals surface area contributed by atoms with Crippen molar-refractivity contribution in [3.8, 4) is 0 Å². The Morgan fingerprint density at radius 2 is 1.38 bits per heavy atom. The lowest BCUT2D eigenvalue weighted by Gasteiger charge is -2.31. The van der Waals surface area contributed by atoms with E-state index >= 15 is 0 Å². The van der Waals surface area contributed by atoms with Crippen molar-refractivity contribution >= 4 is 64.3 Å². The van der Waals surface area contributed by atoms with Gasteiger partial charge in [0.1, 0.15) is 7.85 Å². The van der Waals surface area contributed by atoms with Crippen molar-refractivity contribution in [3.63, 3.8) is 0 Å². The van der Waals surface area contributed by atoms with Gasteiger partial charge in [-0.2, -0.15) is 0 Å². The normalized spacial score (nSPS) is 29.9. The first-order chi connectivity index (χ1) is 11.5. The molecule has 2 nitrogen and oxygen atoms in total. The summed E-state index contributed by atoms with van der Waals surface area (Å²) in [5.41, 5.74) is 2.57. The fourth-order valence-corrected chi connectivity index (χ4v) is 7.15. The molecule has 6 heteroatoms. The van der Waals surface area contributed by atoms with Crippen molar-refractivity contribution in [2.45, 2.75) is 32.1 Å². The van der Waals surface area contributed by atoms with Crippen molar-refractivity contribution in [1.29, 1.82) is 0 Å². The molecular weight excluding hydrogens is 403 g/mol. The van der Waals surface area contributed by atoms with Gasteiger partial charge < -0.3 is 0 Å². The minimum absolute atomic E-state index is 0.166. The van der Waals surface area contributed by atoms with Crippen LogP contribution in [0.2, 0.25) is 0 Å². The van der Waals surface area contributed by atoms with Crippen LogP contribution in [0.4, 0.5) is 0 Å². The summed E-state index contributed by atoms with van der Waals surface area (Å²) in [4.78, 5) is 28.5. The van der Waals surface area contributed by atoms with Crippen molar-refractivity contribution in [2.24, 2.45) is 0 Å². The third kappa shape index (κ3) is 1.99. The minimum Gasteiger partial charge on any atom is -0.298 e. The van der Waals surface area contributed by atoms with Crippen LogP contribution < -0.4 is 5.46 Å². The van der Waals surface area contributed by atoms with Crippen LogP contribution in [0.1, 0.15) is 23.0 Å². The van der Waals surface area contributed by atoms with Gasteiger partial charge in [-0.1, -0.05) is 33.5 Å². The number of hydrogen-bond donors (Lipinski definition) is 0. The molecule has 0 aromatic heterocycles. The second kappa shape index (κ2) is 5.26. The lowest BCUT2D eigenvalue weighted by atomic mass is 9.73. The van der Waals surface area contributed by atoms with E-state index in [0.29, 0.717) is 5.46 Å². The van der Waals surface area contributed by atoms with Gasteiger partial charge in [-0.3, -0.25) is 9.59 Å². The van der Waals surface area contributed by atoms with Crippen LogP contribution in [0, 0.1) is 0 Å². The molecule has 5 rings (SSSR count). The van der Waals surface area contributed by atoms with Crippen LogP contribution in [0.25, 0.3) is 0 Å². The van der Waals surface area contributed by atoms with Gasteiger partial charge in [-0.05, 0) is 35.4 Å². The second-order valence-electron chi connectivity index (χ2n) is 6.32. The van der Waals surface area contributed by atoms with Crippen molar-refractivity contribution in [2.75, 3.05) is 0 Å². The zero-order valence-electron chi connectivity index (χ0n) is 12.4. The summed E-state index contributed by atoms with van der Waals surface area (Å²) in [6.07, 6.45) is 0. The van der Waals surface area contributed by atoms with Gasteiger partial charge in [0.2, 0.25) is 0 Å². The average Bonchev–Trinajstić information content (AvgIpc) is 3.11. The molecule has 1 aliphatic carbocycles. The molecule has 2 radical (unpaired) electrons. The Hall–Kier alpha value is -0.975. The minimum atomic E-state index is -0.354. The molecule has 2 aliphatic heterocycles. The third-order valence-electron chi connectivity index (χ3n) is 4.96. The number of thioether (sulfide) groups is 2. The standard InChI is InChI=1S/C18H10BBrO2S2/c19-7-1-3-11-9(5-7)13-15(21)18-14(16(22)17(13)23-11)10-6-8(20)2-4-12(10)24-18/h1-6,13-14,17-18H. The lowest BCUT2D eigenvalue weighted by molar-refractivity contribution is -0.130. The summed E-state index contributed by atoms with van der Waals surface area (Å²) >= 11 is 6.54. The molecule has 4 atom stereocenters. The number of fused-ring (bicyclic) bond motifs is 6. The van der Waals surface area contributed by atoms with E-state index in [9.17, 15) is 9.59 Å². The predicted octanol–water partition coefficient (Wildman–Crippen LogP) is 3.21. The molecule has 1 fully saturated rings. The van der Waals surface area contributed by atoms with Crippen molar-refractivity contribution in [1.82, 2.24) is 0 Å². The highest BCUT2D eigenvalue weighted by Gasteiger charge is 2.57. The number of carbonyl (C=O) groups is 2. The molecule has 0 N–H and O–H groups in total. The quantitative estimate of drug-likeness (QED) is 0.622. The highest BCUT2D eigenvalue weighted by atomic mass is 79.9. The Morgan fingerprint density at radius 1 is 0.833 bits per heavy atom. The highest BCUT2D eigenvalue weighted by Crippen LogP contribution is 2.58. The zero-order valence-corrected chi connectivity index (χ0v) is 15.6. The van der Waals surface area contributed by atoms with E-state index in [4.69, 9.17) is 7.85 Å². The Morgan fingerprint density at radius 3 is 2.00 bits per heavy atom. The lowest BCUT2D eigenvalue weighted by Crippen LogP contribution is -2.45. The maximum atomic E-state index is 13.2. The van der Waals surface area contributed by atoms with E-state index < -0.39 is 0 Å². The van der Waals surface area contributed by atoms with Crippen LogP contribution in [0.15, 0.2) is 50.7 Å². The highest BCUT2D eigenvalue weighted by molar-refractivity contribution is 9.10. The molecule has 2 heterocycles. The largest absolute Gasteiger partial charge is 0.298 e. The van der Waals surface area contributed by atoms with E-state index in [1.165, 1.54) is 23.5 Å². The van der Waals surface area contributed by atoms with E-state index in [-0.39, 0.29) is 33.9 Å². The first-order valence-electron chi connectivity index (χ1n) is 7.64. The van der Waals surface area contributed by atoms with E-state index in [2.05, 4.69) is 15.9 Å². The molecule has 0 saturated heterocycles. The molecule has 0 spiro atoms. The van der Waals surface area contributed by atoms with Gasteiger partial charge in [0.15, 0.2) is 11.6 Å².